The number of anilines is 1. The Balaban J connectivity index is 1.78. The molecular weight excluding hydrogens is 432 g/mol. The fourth-order valence-corrected chi connectivity index (χ4v) is 4.80. The zero-order valence-corrected chi connectivity index (χ0v) is 17.3. The van der Waals surface area contributed by atoms with Gasteiger partial charge >= 0.3 is 0 Å². The van der Waals surface area contributed by atoms with E-state index >= 15 is 0 Å². The third-order valence-electron chi connectivity index (χ3n) is 4.44. The normalized spacial score (nSPS) is 14.7. The van der Waals surface area contributed by atoms with Crippen LogP contribution in [-0.4, -0.2) is 39.4 Å². The van der Waals surface area contributed by atoms with Crippen molar-refractivity contribution in [2.24, 2.45) is 0 Å². The Morgan fingerprint density at radius 1 is 1.07 bits per heavy atom. The molecule has 8 heteroatoms. The second kappa shape index (κ2) is 8.31. The van der Waals surface area contributed by atoms with E-state index in [1.807, 2.05) is 4.90 Å². The molecule has 2 aromatic carbocycles. The number of sulfonamides is 1. The molecule has 1 fully saturated rings. The lowest BCUT2D eigenvalue weighted by atomic mass is 10.1. The molecule has 1 aliphatic heterocycles. The quantitative estimate of drug-likeness (QED) is 0.746. The number of hydrogen-bond donors (Lipinski definition) is 1. The Hall–Kier alpha value is -2.06. The van der Waals surface area contributed by atoms with Crippen molar-refractivity contribution in [1.29, 1.82) is 0 Å². The molecule has 0 spiro atoms. The molecule has 3 rings (SSSR count). The van der Waals surface area contributed by atoms with E-state index in [-0.39, 0.29) is 16.6 Å². The first kappa shape index (κ1) is 19.7. The first-order valence-corrected chi connectivity index (χ1v) is 10.9. The van der Waals surface area contributed by atoms with Crippen molar-refractivity contribution in [3.63, 3.8) is 0 Å². The van der Waals surface area contributed by atoms with Gasteiger partial charge in [0.25, 0.3) is 15.9 Å². The third kappa shape index (κ3) is 4.62. The second-order valence-electron chi connectivity index (χ2n) is 6.33. The van der Waals surface area contributed by atoms with E-state index in [0.717, 1.165) is 32.4 Å². The smallest absolute Gasteiger partial charge is 0.265 e. The first-order chi connectivity index (χ1) is 12.9. The Morgan fingerprint density at radius 3 is 2.37 bits per heavy atom. The zero-order chi connectivity index (χ0) is 19.4. The highest BCUT2D eigenvalue weighted by Gasteiger charge is 2.21. The molecule has 0 atom stereocenters. The average molecular weight is 453 g/mol. The van der Waals surface area contributed by atoms with Crippen LogP contribution in [0, 0.1) is 0 Å². The summed E-state index contributed by atoms with van der Waals surface area (Å²) < 4.78 is 33.7. The summed E-state index contributed by atoms with van der Waals surface area (Å²) in [6, 6.07) is 11.3. The number of piperidine rings is 1. The van der Waals surface area contributed by atoms with Crippen LogP contribution < -0.4 is 9.46 Å². The maximum Gasteiger partial charge on any atom is 0.265 e. The Labute approximate surface area is 167 Å². The molecule has 0 aliphatic carbocycles. The lowest BCUT2D eigenvalue weighted by Gasteiger charge is -2.26. The number of halogens is 1. The van der Waals surface area contributed by atoms with Gasteiger partial charge in [0, 0.05) is 28.8 Å². The summed E-state index contributed by atoms with van der Waals surface area (Å²) in [4.78, 5) is 14.4. The highest BCUT2D eigenvalue weighted by molar-refractivity contribution is 9.10. The monoisotopic (exact) mass is 452 g/mol. The molecular formula is C19H21BrN2O4S. The minimum Gasteiger partial charge on any atom is -0.495 e. The Bertz CT molecular complexity index is 923. The maximum atomic E-state index is 12.7. The third-order valence-corrected chi connectivity index (χ3v) is 6.34. The molecule has 6 nitrogen and oxygen atoms in total. The molecule has 144 valence electrons. The fraction of sp³-hybridized carbons (Fsp3) is 0.316. The Kier molecular flexibility index (Phi) is 6.06. The van der Waals surface area contributed by atoms with Gasteiger partial charge < -0.3 is 9.64 Å². The van der Waals surface area contributed by atoms with Gasteiger partial charge in [-0.15, -0.1) is 0 Å². The van der Waals surface area contributed by atoms with E-state index in [4.69, 9.17) is 4.74 Å². The molecule has 0 saturated carbocycles. The number of carbonyl (C=O) groups excluding carboxylic acids is 1. The number of ether oxygens (including phenoxy) is 1. The van der Waals surface area contributed by atoms with E-state index in [0.29, 0.717) is 15.7 Å². The van der Waals surface area contributed by atoms with Gasteiger partial charge in [0.05, 0.1) is 7.11 Å². The molecule has 1 saturated heterocycles. The maximum absolute atomic E-state index is 12.7. The molecule has 1 heterocycles. The van der Waals surface area contributed by atoms with Crippen molar-refractivity contribution in [1.82, 2.24) is 4.90 Å². The van der Waals surface area contributed by atoms with Crippen LogP contribution in [0.2, 0.25) is 0 Å². The highest BCUT2D eigenvalue weighted by atomic mass is 79.9. The molecule has 1 N–H and O–H groups in total. The molecule has 0 aromatic heterocycles. The number of carbonyl (C=O) groups is 1. The summed E-state index contributed by atoms with van der Waals surface area (Å²) in [6.45, 7) is 1.55. The Morgan fingerprint density at radius 2 is 1.74 bits per heavy atom. The van der Waals surface area contributed by atoms with Crippen LogP contribution in [0.3, 0.4) is 0 Å². The largest absolute Gasteiger partial charge is 0.495 e. The van der Waals surface area contributed by atoms with Gasteiger partial charge in [-0.25, -0.2) is 8.42 Å². The van der Waals surface area contributed by atoms with E-state index < -0.39 is 10.0 Å². The highest BCUT2D eigenvalue weighted by Crippen LogP contribution is 2.29. The predicted molar refractivity (Wildman–Crippen MR) is 108 cm³/mol. The minimum atomic E-state index is -3.83. The first-order valence-electron chi connectivity index (χ1n) is 8.66. The summed E-state index contributed by atoms with van der Waals surface area (Å²) in [7, 11) is -2.41. The number of nitrogens with zero attached hydrogens (tertiary/aromatic N) is 1. The van der Waals surface area contributed by atoms with Gasteiger partial charge in [-0.1, -0.05) is 15.9 Å². The molecule has 1 amide bonds. The van der Waals surface area contributed by atoms with Gasteiger partial charge in [-0.2, -0.15) is 0 Å². The van der Waals surface area contributed by atoms with Crippen molar-refractivity contribution in [2.45, 2.75) is 24.2 Å². The number of likely N-dealkylation sites (tertiary alicyclic amines) is 1. The van der Waals surface area contributed by atoms with E-state index in [2.05, 4.69) is 20.7 Å². The number of methoxy groups -OCH3 is 1. The van der Waals surface area contributed by atoms with E-state index in [1.54, 1.807) is 36.4 Å². The minimum absolute atomic E-state index is 0.0160. The van der Waals surface area contributed by atoms with Crippen LogP contribution in [0.25, 0.3) is 0 Å². The molecule has 27 heavy (non-hydrogen) atoms. The molecule has 0 unspecified atom stereocenters. The standard InChI is InChI=1S/C19H21BrN2O4S/c1-26-17-10-7-15(20)13-18(17)27(24,25)21-16-8-5-14(6-9-16)19(23)22-11-3-2-4-12-22/h5-10,13,21H,2-4,11-12H2,1H3. The number of nitrogens with one attached hydrogen (secondary N) is 1. The van der Waals surface area contributed by atoms with Crippen molar-refractivity contribution in [2.75, 3.05) is 24.9 Å². The summed E-state index contributed by atoms with van der Waals surface area (Å²) in [5, 5.41) is 0. The number of hydrogen-bond acceptors (Lipinski definition) is 4. The SMILES string of the molecule is COc1ccc(Br)cc1S(=O)(=O)Nc1ccc(C(=O)N2CCCCC2)cc1. The summed E-state index contributed by atoms with van der Waals surface area (Å²) in [6.07, 6.45) is 3.21. The lowest BCUT2D eigenvalue weighted by Crippen LogP contribution is -2.35. The van der Waals surface area contributed by atoms with Crippen molar-refractivity contribution >= 4 is 37.5 Å². The zero-order valence-electron chi connectivity index (χ0n) is 14.9. The lowest BCUT2D eigenvalue weighted by molar-refractivity contribution is 0.0724. The number of amides is 1. The van der Waals surface area contributed by atoms with Crippen LogP contribution in [0.15, 0.2) is 51.8 Å². The van der Waals surface area contributed by atoms with E-state index in [1.165, 1.54) is 13.2 Å². The summed E-state index contributed by atoms with van der Waals surface area (Å²) in [5.74, 6) is 0.236. The van der Waals surface area contributed by atoms with Crippen LogP contribution in [0.4, 0.5) is 5.69 Å². The van der Waals surface area contributed by atoms with Crippen molar-refractivity contribution in [3.05, 3.63) is 52.5 Å². The summed E-state index contributed by atoms with van der Waals surface area (Å²) >= 11 is 3.28. The molecule has 0 bridgehead atoms. The van der Waals surface area contributed by atoms with Gasteiger partial charge in [-0.3, -0.25) is 9.52 Å². The van der Waals surface area contributed by atoms with Crippen molar-refractivity contribution in [3.8, 4) is 5.75 Å². The van der Waals surface area contributed by atoms with Gasteiger partial charge in [0.15, 0.2) is 0 Å². The van der Waals surface area contributed by atoms with Crippen LogP contribution in [0.1, 0.15) is 29.6 Å². The van der Waals surface area contributed by atoms with Crippen LogP contribution in [0.5, 0.6) is 5.75 Å². The second-order valence-corrected chi connectivity index (χ2v) is 8.90. The van der Waals surface area contributed by atoms with Gasteiger partial charge in [0.2, 0.25) is 0 Å². The van der Waals surface area contributed by atoms with Crippen LogP contribution in [-0.2, 0) is 10.0 Å². The molecule has 1 aliphatic rings. The number of rotatable bonds is 5. The predicted octanol–water partition coefficient (Wildman–Crippen LogP) is 3.88. The topological polar surface area (TPSA) is 75.7 Å². The van der Waals surface area contributed by atoms with Gasteiger partial charge in [-0.05, 0) is 61.7 Å². The number of benzene rings is 2. The molecule has 0 radical (unpaired) electrons. The fourth-order valence-electron chi connectivity index (χ4n) is 3.03. The van der Waals surface area contributed by atoms with E-state index in [9.17, 15) is 13.2 Å². The average Bonchev–Trinajstić information content (AvgIpc) is 2.68. The van der Waals surface area contributed by atoms with Crippen LogP contribution >= 0.6 is 15.9 Å². The van der Waals surface area contributed by atoms with Crippen molar-refractivity contribution < 1.29 is 17.9 Å². The van der Waals surface area contributed by atoms with Gasteiger partial charge in [0.1, 0.15) is 10.6 Å². The summed E-state index contributed by atoms with van der Waals surface area (Å²) in [5.41, 5.74) is 0.937. The molecule has 2 aromatic rings.